The van der Waals surface area contributed by atoms with E-state index < -0.39 is 5.97 Å². The van der Waals surface area contributed by atoms with Crippen LogP contribution in [-0.4, -0.2) is 16.2 Å². The minimum Gasteiger partial charge on any atom is -0.508 e. The monoisotopic (exact) mass is 206 g/mol. The molecule has 0 saturated heterocycles. The number of phenolic OH excluding ortho intramolecular Hbond substituents is 1. The second-order valence-electron chi connectivity index (χ2n) is 4.21. The molecule has 1 aliphatic carbocycles. The van der Waals surface area contributed by atoms with Crippen molar-refractivity contribution in [1.82, 2.24) is 0 Å². The van der Waals surface area contributed by atoms with E-state index >= 15 is 0 Å². The van der Waals surface area contributed by atoms with Crippen LogP contribution in [0.4, 0.5) is 0 Å². The molecule has 0 amide bonds. The highest BCUT2D eigenvalue weighted by atomic mass is 16.4. The van der Waals surface area contributed by atoms with Crippen molar-refractivity contribution in [2.24, 2.45) is 11.8 Å². The fourth-order valence-electron chi connectivity index (χ4n) is 2.22. The SMILES string of the molecule is CC(C(=O)O)C1Cc2cccc(O)c2C1. The molecule has 0 spiro atoms. The van der Waals surface area contributed by atoms with Gasteiger partial charge < -0.3 is 10.2 Å². The fourth-order valence-corrected chi connectivity index (χ4v) is 2.22. The van der Waals surface area contributed by atoms with Crippen molar-refractivity contribution in [1.29, 1.82) is 0 Å². The molecule has 1 aromatic rings. The molecule has 3 nitrogen and oxygen atoms in total. The van der Waals surface area contributed by atoms with Gasteiger partial charge in [-0.25, -0.2) is 0 Å². The third-order valence-electron chi connectivity index (χ3n) is 3.29. The lowest BCUT2D eigenvalue weighted by molar-refractivity contribution is -0.142. The first kappa shape index (κ1) is 10.0. The number of carboxylic acids is 1. The summed E-state index contributed by atoms with van der Waals surface area (Å²) < 4.78 is 0. The summed E-state index contributed by atoms with van der Waals surface area (Å²) in [7, 11) is 0. The highest BCUT2D eigenvalue weighted by molar-refractivity contribution is 5.70. The van der Waals surface area contributed by atoms with Crippen molar-refractivity contribution in [3.05, 3.63) is 29.3 Å². The molecule has 3 heteroatoms. The summed E-state index contributed by atoms with van der Waals surface area (Å²) in [6, 6.07) is 5.43. The van der Waals surface area contributed by atoms with E-state index in [9.17, 15) is 9.90 Å². The van der Waals surface area contributed by atoms with Gasteiger partial charge in [0.15, 0.2) is 0 Å². The molecule has 0 fully saturated rings. The Balaban J connectivity index is 2.23. The number of aromatic hydroxyl groups is 1. The molecule has 80 valence electrons. The zero-order chi connectivity index (χ0) is 11.0. The predicted molar refractivity (Wildman–Crippen MR) is 55.8 cm³/mol. The molecular formula is C12H14O3. The molecule has 15 heavy (non-hydrogen) atoms. The van der Waals surface area contributed by atoms with E-state index in [1.807, 2.05) is 12.1 Å². The topological polar surface area (TPSA) is 57.5 Å². The third-order valence-corrected chi connectivity index (χ3v) is 3.29. The summed E-state index contributed by atoms with van der Waals surface area (Å²) in [5.41, 5.74) is 2.02. The van der Waals surface area contributed by atoms with E-state index in [1.165, 1.54) is 0 Å². The van der Waals surface area contributed by atoms with Gasteiger partial charge in [-0.05, 0) is 36.0 Å². The van der Waals surface area contributed by atoms with Crippen molar-refractivity contribution in [3.63, 3.8) is 0 Å². The van der Waals surface area contributed by atoms with Crippen LogP contribution in [0.1, 0.15) is 18.1 Å². The molecule has 0 radical (unpaired) electrons. The Hall–Kier alpha value is -1.51. The van der Waals surface area contributed by atoms with Gasteiger partial charge in [-0.15, -0.1) is 0 Å². The summed E-state index contributed by atoms with van der Waals surface area (Å²) in [5.74, 6) is -0.692. The van der Waals surface area contributed by atoms with Gasteiger partial charge in [-0.2, -0.15) is 0 Å². The molecule has 0 aromatic heterocycles. The minimum atomic E-state index is -0.757. The standard InChI is InChI=1S/C12H14O3/c1-7(12(14)15)9-5-8-3-2-4-11(13)10(8)6-9/h2-4,7,9,13H,5-6H2,1H3,(H,14,15). The van der Waals surface area contributed by atoms with Gasteiger partial charge >= 0.3 is 5.97 Å². The van der Waals surface area contributed by atoms with Gasteiger partial charge in [0.1, 0.15) is 5.75 Å². The summed E-state index contributed by atoms with van der Waals surface area (Å²) in [5, 5.41) is 18.6. The van der Waals surface area contributed by atoms with E-state index in [4.69, 9.17) is 5.11 Å². The molecular weight excluding hydrogens is 192 g/mol. The maximum absolute atomic E-state index is 10.9. The quantitative estimate of drug-likeness (QED) is 0.776. The first-order chi connectivity index (χ1) is 7.09. The first-order valence-electron chi connectivity index (χ1n) is 5.12. The van der Waals surface area contributed by atoms with Gasteiger partial charge in [0.2, 0.25) is 0 Å². The molecule has 2 N–H and O–H groups in total. The van der Waals surface area contributed by atoms with Crippen molar-refractivity contribution < 1.29 is 15.0 Å². The zero-order valence-electron chi connectivity index (χ0n) is 8.60. The normalized spacial score (nSPS) is 21.0. The third kappa shape index (κ3) is 1.69. The average molecular weight is 206 g/mol. The van der Waals surface area contributed by atoms with Gasteiger partial charge in [-0.1, -0.05) is 19.1 Å². The Morgan fingerprint density at radius 2 is 2.20 bits per heavy atom. The van der Waals surface area contributed by atoms with Crippen LogP contribution in [0.2, 0.25) is 0 Å². The minimum absolute atomic E-state index is 0.116. The van der Waals surface area contributed by atoms with Crippen LogP contribution in [0.3, 0.4) is 0 Å². The summed E-state index contributed by atoms with van der Waals surface area (Å²) >= 11 is 0. The Kier molecular flexibility index (Phi) is 2.39. The van der Waals surface area contributed by atoms with Crippen LogP contribution >= 0.6 is 0 Å². The van der Waals surface area contributed by atoms with Gasteiger partial charge in [0.05, 0.1) is 5.92 Å². The van der Waals surface area contributed by atoms with E-state index in [0.717, 1.165) is 17.5 Å². The van der Waals surface area contributed by atoms with Crippen LogP contribution in [0.15, 0.2) is 18.2 Å². The van der Waals surface area contributed by atoms with E-state index in [1.54, 1.807) is 13.0 Å². The van der Waals surface area contributed by atoms with Crippen molar-refractivity contribution in [2.45, 2.75) is 19.8 Å². The Morgan fingerprint density at radius 1 is 1.47 bits per heavy atom. The number of carbonyl (C=O) groups is 1. The summed E-state index contributed by atoms with van der Waals surface area (Å²) in [6.45, 7) is 1.73. The molecule has 1 aliphatic rings. The van der Waals surface area contributed by atoms with Crippen molar-refractivity contribution >= 4 is 5.97 Å². The molecule has 0 saturated carbocycles. The predicted octanol–water partition coefficient (Wildman–Crippen LogP) is 1.83. The number of aliphatic carboxylic acids is 1. The lowest BCUT2D eigenvalue weighted by Crippen LogP contribution is -2.20. The second-order valence-corrected chi connectivity index (χ2v) is 4.21. The number of fused-ring (bicyclic) bond motifs is 1. The number of rotatable bonds is 2. The molecule has 1 aromatic carbocycles. The van der Waals surface area contributed by atoms with Gasteiger partial charge in [0, 0.05) is 0 Å². The van der Waals surface area contributed by atoms with Crippen LogP contribution < -0.4 is 0 Å². The highest BCUT2D eigenvalue weighted by Gasteiger charge is 2.31. The number of carboxylic acid groups (broad SMARTS) is 1. The van der Waals surface area contributed by atoms with Gasteiger partial charge in [-0.3, -0.25) is 4.79 Å². The van der Waals surface area contributed by atoms with E-state index in [2.05, 4.69) is 0 Å². The Morgan fingerprint density at radius 3 is 2.80 bits per heavy atom. The fraction of sp³-hybridized carbons (Fsp3) is 0.417. The van der Waals surface area contributed by atoms with Crippen LogP contribution in [-0.2, 0) is 17.6 Å². The zero-order valence-corrected chi connectivity index (χ0v) is 8.60. The largest absolute Gasteiger partial charge is 0.508 e. The van der Waals surface area contributed by atoms with Crippen molar-refractivity contribution in [3.8, 4) is 5.75 Å². The summed E-state index contributed by atoms with van der Waals surface area (Å²) in [6.07, 6.45) is 1.44. The van der Waals surface area contributed by atoms with Crippen LogP contribution in [0, 0.1) is 11.8 Å². The number of hydrogen-bond acceptors (Lipinski definition) is 2. The average Bonchev–Trinajstić information content (AvgIpc) is 2.61. The number of phenols is 1. The number of benzene rings is 1. The van der Waals surface area contributed by atoms with Crippen molar-refractivity contribution in [2.75, 3.05) is 0 Å². The highest BCUT2D eigenvalue weighted by Crippen LogP contribution is 2.36. The number of hydrogen-bond donors (Lipinski definition) is 2. The molecule has 0 heterocycles. The molecule has 0 bridgehead atoms. The lowest BCUT2D eigenvalue weighted by atomic mass is 9.91. The first-order valence-corrected chi connectivity index (χ1v) is 5.12. The second kappa shape index (κ2) is 3.57. The Bertz CT molecular complexity index is 398. The van der Waals surface area contributed by atoms with Crippen LogP contribution in [0.25, 0.3) is 0 Å². The van der Waals surface area contributed by atoms with E-state index in [0.29, 0.717) is 12.2 Å². The van der Waals surface area contributed by atoms with Crippen LogP contribution in [0.5, 0.6) is 5.75 Å². The molecule has 2 atom stereocenters. The summed E-state index contributed by atoms with van der Waals surface area (Å²) in [4.78, 5) is 10.9. The van der Waals surface area contributed by atoms with E-state index in [-0.39, 0.29) is 11.8 Å². The maximum atomic E-state index is 10.9. The maximum Gasteiger partial charge on any atom is 0.306 e. The molecule has 2 rings (SSSR count). The smallest absolute Gasteiger partial charge is 0.306 e. The Labute approximate surface area is 88.4 Å². The molecule has 2 unspecified atom stereocenters. The van der Waals surface area contributed by atoms with Gasteiger partial charge in [0.25, 0.3) is 0 Å². The molecule has 0 aliphatic heterocycles. The lowest BCUT2D eigenvalue weighted by Gasteiger charge is -2.13.